The van der Waals surface area contributed by atoms with Gasteiger partial charge in [0.1, 0.15) is 21.2 Å². The Bertz CT molecular complexity index is 1060. The Kier molecular flexibility index (Phi) is 5.71. The van der Waals surface area contributed by atoms with Crippen molar-refractivity contribution < 1.29 is 14.3 Å². The van der Waals surface area contributed by atoms with E-state index in [-0.39, 0.29) is 16.5 Å². The highest BCUT2D eigenvalue weighted by Crippen LogP contribution is 2.41. The first-order valence-electron chi connectivity index (χ1n) is 8.41. The number of halogens is 1. The number of thiophene rings is 1. The monoisotopic (exact) mass is 418 g/mol. The molecular formula is C19H19ClN4O3S. The van der Waals surface area contributed by atoms with E-state index in [0.29, 0.717) is 39.6 Å². The molecule has 28 heavy (non-hydrogen) atoms. The molecule has 146 valence electrons. The number of nitrogens with zero attached hydrogens (tertiary/aromatic N) is 2. The summed E-state index contributed by atoms with van der Waals surface area (Å²) >= 11 is 7.48. The smallest absolute Gasteiger partial charge is 0.260 e. The minimum absolute atomic E-state index is 0.0498. The van der Waals surface area contributed by atoms with Gasteiger partial charge in [-0.1, -0.05) is 17.7 Å². The van der Waals surface area contributed by atoms with Crippen LogP contribution in [0.2, 0.25) is 5.02 Å². The number of fused-ring (bicyclic) bond motifs is 1. The molecular weight excluding hydrogens is 400 g/mol. The molecule has 0 bridgehead atoms. The first-order chi connectivity index (χ1) is 13.3. The Balaban J connectivity index is 1.86. The Morgan fingerprint density at radius 3 is 2.64 bits per heavy atom. The molecule has 9 heteroatoms. The van der Waals surface area contributed by atoms with Gasteiger partial charge < -0.3 is 21.1 Å². The maximum absolute atomic E-state index is 11.7. The van der Waals surface area contributed by atoms with Gasteiger partial charge in [0.2, 0.25) is 5.91 Å². The Morgan fingerprint density at radius 2 is 2.00 bits per heavy atom. The van der Waals surface area contributed by atoms with Crippen LogP contribution in [0.3, 0.4) is 0 Å². The second-order valence-corrected chi connectivity index (χ2v) is 7.76. The lowest BCUT2D eigenvalue weighted by Crippen LogP contribution is -2.21. The fourth-order valence-corrected chi connectivity index (χ4v) is 3.83. The quantitative estimate of drug-likeness (QED) is 0.636. The molecule has 0 aliphatic heterocycles. The van der Waals surface area contributed by atoms with Gasteiger partial charge in [0.05, 0.1) is 16.1 Å². The van der Waals surface area contributed by atoms with E-state index in [0.717, 1.165) is 16.9 Å². The van der Waals surface area contributed by atoms with Crippen LogP contribution in [0.15, 0.2) is 30.5 Å². The summed E-state index contributed by atoms with van der Waals surface area (Å²) in [4.78, 5) is 29.8. The summed E-state index contributed by atoms with van der Waals surface area (Å²) in [5.41, 5.74) is 12.6. The number of primary amides is 1. The number of benzene rings is 1. The maximum atomic E-state index is 11.7. The van der Waals surface area contributed by atoms with E-state index in [1.54, 1.807) is 43.4 Å². The molecule has 4 N–H and O–H groups in total. The topological polar surface area (TPSA) is 112 Å². The van der Waals surface area contributed by atoms with E-state index < -0.39 is 5.91 Å². The molecule has 0 unspecified atom stereocenters. The third kappa shape index (κ3) is 4.02. The van der Waals surface area contributed by atoms with Crippen molar-refractivity contribution >= 4 is 50.7 Å². The molecule has 0 saturated heterocycles. The summed E-state index contributed by atoms with van der Waals surface area (Å²) in [6, 6.07) is 7.01. The van der Waals surface area contributed by atoms with Gasteiger partial charge in [0, 0.05) is 26.7 Å². The van der Waals surface area contributed by atoms with Crippen LogP contribution < -0.4 is 16.2 Å². The van der Waals surface area contributed by atoms with Gasteiger partial charge in [-0.25, -0.2) is 4.98 Å². The standard InChI is InChI=1S/C19H19ClN4O3S/c1-24(2)14(25)6-4-10-3-5-12(11(20)9-10)27-13-7-8-23-19-15(13)16(21)17(28-19)18(22)26/h3,5,7-9H,4,6,21H2,1-2H3,(H2,22,26). The van der Waals surface area contributed by atoms with Gasteiger partial charge in [0.25, 0.3) is 5.91 Å². The molecule has 0 saturated carbocycles. The molecule has 2 amide bonds. The van der Waals surface area contributed by atoms with E-state index in [1.807, 2.05) is 6.07 Å². The van der Waals surface area contributed by atoms with Crippen molar-refractivity contribution in [3.8, 4) is 11.5 Å². The van der Waals surface area contributed by atoms with Crippen molar-refractivity contribution in [1.82, 2.24) is 9.88 Å². The molecule has 0 fully saturated rings. The second kappa shape index (κ2) is 8.04. The van der Waals surface area contributed by atoms with Crippen molar-refractivity contribution in [2.24, 2.45) is 5.73 Å². The highest BCUT2D eigenvalue weighted by molar-refractivity contribution is 7.21. The van der Waals surface area contributed by atoms with Crippen molar-refractivity contribution in [1.29, 1.82) is 0 Å². The molecule has 0 atom stereocenters. The fraction of sp³-hybridized carbons (Fsp3) is 0.211. The number of hydrogen-bond donors (Lipinski definition) is 2. The summed E-state index contributed by atoms with van der Waals surface area (Å²) in [5, 5.41) is 0.932. The molecule has 2 aromatic heterocycles. The second-order valence-electron chi connectivity index (χ2n) is 6.35. The molecule has 7 nitrogen and oxygen atoms in total. The predicted molar refractivity (Wildman–Crippen MR) is 111 cm³/mol. The largest absolute Gasteiger partial charge is 0.455 e. The Morgan fingerprint density at radius 1 is 1.25 bits per heavy atom. The van der Waals surface area contributed by atoms with Crippen LogP contribution in [-0.4, -0.2) is 35.8 Å². The normalized spacial score (nSPS) is 10.8. The number of ether oxygens (including phenoxy) is 1. The predicted octanol–water partition coefficient (Wildman–Crippen LogP) is 3.44. The number of carbonyl (C=O) groups is 2. The van der Waals surface area contributed by atoms with Crippen molar-refractivity contribution in [3.05, 3.63) is 45.9 Å². The van der Waals surface area contributed by atoms with E-state index in [1.165, 1.54) is 0 Å². The van der Waals surface area contributed by atoms with Crippen LogP contribution in [-0.2, 0) is 11.2 Å². The van der Waals surface area contributed by atoms with Gasteiger partial charge in [-0.15, -0.1) is 11.3 Å². The number of rotatable bonds is 6. The van der Waals surface area contributed by atoms with Crippen molar-refractivity contribution in [2.75, 3.05) is 19.8 Å². The highest BCUT2D eigenvalue weighted by Gasteiger charge is 2.19. The number of aryl methyl sites for hydroxylation is 1. The van der Waals surface area contributed by atoms with Crippen LogP contribution in [0, 0.1) is 0 Å². The summed E-state index contributed by atoms with van der Waals surface area (Å²) < 4.78 is 5.94. The molecule has 0 spiro atoms. The van der Waals surface area contributed by atoms with E-state index >= 15 is 0 Å². The lowest BCUT2D eigenvalue weighted by Gasteiger charge is -2.12. The van der Waals surface area contributed by atoms with Gasteiger partial charge >= 0.3 is 0 Å². The SMILES string of the molecule is CN(C)C(=O)CCc1ccc(Oc2ccnc3sc(C(N)=O)c(N)c23)c(Cl)c1. The van der Waals surface area contributed by atoms with E-state index in [2.05, 4.69) is 4.98 Å². The number of pyridine rings is 1. The molecule has 3 aromatic rings. The fourth-order valence-electron chi connectivity index (χ4n) is 2.66. The zero-order valence-electron chi connectivity index (χ0n) is 15.4. The van der Waals surface area contributed by atoms with Crippen LogP contribution >= 0.6 is 22.9 Å². The van der Waals surface area contributed by atoms with Crippen molar-refractivity contribution in [2.45, 2.75) is 12.8 Å². The number of nitrogen functional groups attached to an aromatic ring is 1. The first-order valence-corrected chi connectivity index (χ1v) is 9.60. The minimum atomic E-state index is -0.610. The molecule has 0 aliphatic carbocycles. The Hall–Kier alpha value is -2.84. The van der Waals surface area contributed by atoms with Crippen LogP contribution in [0.4, 0.5) is 5.69 Å². The number of aromatic nitrogens is 1. The molecule has 2 heterocycles. The maximum Gasteiger partial charge on any atom is 0.260 e. The summed E-state index contributed by atoms with van der Waals surface area (Å²) in [5.74, 6) is 0.307. The third-order valence-electron chi connectivity index (χ3n) is 4.16. The number of anilines is 1. The number of amides is 2. The number of hydrogen-bond acceptors (Lipinski definition) is 6. The van der Waals surface area contributed by atoms with Crippen LogP contribution in [0.25, 0.3) is 10.2 Å². The van der Waals surface area contributed by atoms with E-state index in [4.69, 9.17) is 27.8 Å². The van der Waals surface area contributed by atoms with Gasteiger partial charge in [-0.2, -0.15) is 0 Å². The van der Waals surface area contributed by atoms with Crippen LogP contribution in [0.1, 0.15) is 21.7 Å². The van der Waals surface area contributed by atoms with Gasteiger partial charge in [-0.05, 0) is 30.2 Å². The zero-order valence-corrected chi connectivity index (χ0v) is 16.9. The molecule has 1 aromatic carbocycles. The average molecular weight is 419 g/mol. The van der Waals surface area contributed by atoms with Crippen molar-refractivity contribution in [3.63, 3.8) is 0 Å². The number of carbonyl (C=O) groups excluding carboxylic acids is 2. The molecule has 3 rings (SSSR count). The highest BCUT2D eigenvalue weighted by atomic mass is 35.5. The zero-order chi connectivity index (χ0) is 20.4. The summed E-state index contributed by atoms with van der Waals surface area (Å²) in [7, 11) is 3.45. The number of nitrogens with two attached hydrogens (primary N) is 2. The Labute approximate surface area is 170 Å². The lowest BCUT2D eigenvalue weighted by atomic mass is 10.1. The minimum Gasteiger partial charge on any atom is -0.455 e. The third-order valence-corrected chi connectivity index (χ3v) is 5.58. The summed E-state index contributed by atoms with van der Waals surface area (Å²) in [6.45, 7) is 0. The van der Waals surface area contributed by atoms with Gasteiger partial charge in [-0.3, -0.25) is 9.59 Å². The van der Waals surface area contributed by atoms with Crippen LogP contribution in [0.5, 0.6) is 11.5 Å². The average Bonchev–Trinajstić information content (AvgIpc) is 2.99. The lowest BCUT2D eigenvalue weighted by molar-refractivity contribution is -0.128. The molecule has 0 radical (unpaired) electrons. The van der Waals surface area contributed by atoms with Gasteiger partial charge in [0.15, 0.2) is 0 Å². The molecule has 0 aliphatic rings. The summed E-state index contributed by atoms with van der Waals surface area (Å²) in [6.07, 6.45) is 2.54. The van der Waals surface area contributed by atoms with E-state index in [9.17, 15) is 9.59 Å². The first kappa shape index (κ1) is 19.9.